The smallest absolute Gasteiger partial charge is 0.243 e. The summed E-state index contributed by atoms with van der Waals surface area (Å²) in [5.41, 5.74) is 6.00. The van der Waals surface area contributed by atoms with Crippen molar-refractivity contribution in [3.63, 3.8) is 0 Å². The Morgan fingerprint density at radius 1 is 1.29 bits per heavy atom. The number of anilines is 1. The Labute approximate surface area is 97.3 Å². The van der Waals surface area contributed by atoms with E-state index in [0.29, 0.717) is 0 Å². The minimum absolute atomic E-state index is 0.0267. The lowest BCUT2D eigenvalue weighted by molar-refractivity contribution is 0.580. The third-order valence-corrected chi connectivity index (χ3v) is 3.34. The van der Waals surface area contributed by atoms with Gasteiger partial charge >= 0.3 is 0 Å². The number of H-pyrrole nitrogens is 1. The van der Waals surface area contributed by atoms with Gasteiger partial charge in [-0.1, -0.05) is 0 Å². The molecule has 2 rings (SSSR count). The molecule has 0 atom stereocenters. The number of sulfonamides is 1. The number of nitrogens with one attached hydrogen (secondary N) is 2. The number of aromatic amines is 1. The molecule has 0 aliphatic heterocycles. The molecule has 0 aliphatic carbocycles. The van der Waals surface area contributed by atoms with Crippen molar-refractivity contribution in [3.05, 3.63) is 30.4 Å². The molecule has 90 valence electrons. The van der Waals surface area contributed by atoms with Gasteiger partial charge in [0.05, 0.1) is 18.6 Å². The molecule has 0 saturated carbocycles. The van der Waals surface area contributed by atoms with Gasteiger partial charge in [-0.15, -0.1) is 0 Å². The predicted octanol–water partition coefficient (Wildman–Crippen LogP) is -0.740. The van der Waals surface area contributed by atoms with Crippen LogP contribution >= 0.6 is 0 Å². The highest BCUT2D eigenvalue weighted by Gasteiger charge is 2.14. The second-order valence-corrected chi connectivity index (χ2v) is 4.98. The van der Waals surface area contributed by atoms with Crippen LogP contribution in [-0.2, 0) is 16.6 Å². The van der Waals surface area contributed by atoms with E-state index in [9.17, 15) is 8.42 Å². The summed E-state index contributed by atoms with van der Waals surface area (Å²) >= 11 is 0. The quantitative estimate of drug-likeness (QED) is 0.659. The molecule has 0 unspecified atom stereocenters. The monoisotopic (exact) mass is 254 g/mol. The van der Waals surface area contributed by atoms with Gasteiger partial charge in [-0.05, 0) is 0 Å². The van der Waals surface area contributed by atoms with Crippen molar-refractivity contribution >= 4 is 16.0 Å². The van der Waals surface area contributed by atoms with Gasteiger partial charge in [0.1, 0.15) is 4.90 Å². The van der Waals surface area contributed by atoms with Crippen LogP contribution in [-0.4, -0.2) is 28.6 Å². The first-order valence-electron chi connectivity index (χ1n) is 4.63. The topological polar surface area (TPSA) is 127 Å². The third-order valence-electron chi connectivity index (χ3n) is 1.98. The molecule has 0 saturated heterocycles. The van der Waals surface area contributed by atoms with Crippen molar-refractivity contribution in [2.75, 3.05) is 5.73 Å². The van der Waals surface area contributed by atoms with E-state index in [1.165, 1.54) is 6.20 Å². The number of aromatic nitrogens is 4. The number of nitrogens with two attached hydrogens (primary N) is 1. The van der Waals surface area contributed by atoms with E-state index < -0.39 is 10.0 Å². The summed E-state index contributed by atoms with van der Waals surface area (Å²) in [6, 6.07) is 0. The van der Waals surface area contributed by atoms with Gasteiger partial charge in [-0.3, -0.25) is 5.10 Å². The first-order valence-corrected chi connectivity index (χ1v) is 6.11. The molecule has 2 heterocycles. The zero-order chi connectivity index (χ0) is 12.3. The summed E-state index contributed by atoms with van der Waals surface area (Å²) in [6.45, 7) is 0.142. The highest BCUT2D eigenvalue weighted by molar-refractivity contribution is 7.89. The molecular formula is C8H10N6O2S. The van der Waals surface area contributed by atoms with Crippen LogP contribution in [0.2, 0.25) is 0 Å². The summed E-state index contributed by atoms with van der Waals surface area (Å²) in [7, 11) is -3.63. The van der Waals surface area contributed by atoms with Gasteiger partial charge < -0.3 is 5.73 Å². The molecule has 0 bridgehead atoms. The summed E-state index contributed by atoms with van der Waals surface area (Å²) in [5.74, 6) is 0.0267. The Balaban J connectivity index is 2.11. The Hall–Kier alpha value is -2.00. The Morgan fingerprint density at radius 3 is 2.59 bits per heavy atom. The molecule has 2 aromatic heterocycles. The van der Waals surface area contributed by atoms with E-state index in [-0.39, 0.29) is 17.4 Å². The molecule has 2 aromatic rings. The first-order chi connectivity index (χ1) is 8.08. The average molecular weight is 254 g/mol. The van der Waals surface area contributed by atoms with E-state index in [1.807, 2.05) is 0 Å². The lowest BCUT2D eigenvalue weighted by atomic mass is 10.4. The fraction of sp³-hybridized carbons (Fsp3) is 0.125. The van der Waals surface area contributed by atoms with Crippen LogP contribution in [0.3, 0.4) is 0 Å². The summed E-state index contributed by atoms with van der Waals surface area (Å²) in [4.78, 5) is 7.21. The zero-order valence-corrected chi connectivity index (χ0v) is 9.48. The van der Waals surface area contributed by atoms with Gasteiger partial charge in [0.15, 0.2) is 0 Å². The van der Waals surface area contributed by atoms with Crippen molar-refractivity contribution in [2.45, 2.75) is 11.4 Å². The van der Waals surface area contributed by atoms with Crippen molar-refractivity contribution in [3.8, 4) is 0 Å². The number of rotatable bonds is 4. The number of hydrogen-bond acceptors (Lipinski definition) is 6. The van der Waals surface area contributed by atoms with Crippen LogP contribution in [0.4, 0.5) is 5.95 Å². The molecule has 0 radical (unpaired) electrons. The van der Waals surface area contributed by atoms with Crippen molar-refractivity contribution in [1.82, 2.24) is 24.9 Å². The SMILES string of the molecule is Nc1ncc(S(=O)(=O)NCc2cn[nH]c2)cn1. The largest absolute Gasteiger partial charge is 0.368 e. The summed E-state index contributed by atoms with van der Waals surface area (Å²) in [6.07, 6.45) is 5.43. The maximum absolute atomic E-state index is 11.8. The Morgan fingerprint density at radius 2 is 2.00 bits per heavy atom. The van der Waals surface area contributed by atoms with Crippen LogP contribution in [0, 0.1) is 0 Å². The van der Waals surface area contributed by atoms with E-state index >= 15 is 0 Å². The van der Waals surface area contributed by atoms with Crippen molar-refractivity contribution in [2.24, 2.45) is 0 Å². The number of nitrogens with zero attached hydrogens (tertiary/aromatic N) is 3. The fourth-order valence-corrected chi connectivity index (χ4v) is 2.01. The van der Waals surface area contributed by atoms with E-state index in [2.05, 4.69) is 24.9 Å². The zero-order valence-electron chi connectivity index (χ0n) is 8.66. The van der Waals surface area contributed by atoms with E-state index in [4.69, 9.17) is 5.73 Å². The van der Waals surface area contributed by atoms with Crippen LogP contribution < -0.4 is 10.5 Å². The van der Waals surface area contributed by atoms with E-state index in [1.54, 1.807) is 6.20 Å². The molecule has 0 spiro atoms. The van der Waals surface area contributed by atoms with Crippen LogP contribution in [0.5, 0.6) is 0 Å². The Kier molecular flexibility index (Phi) is 3.02. The second-order valence-electron chi connectivity index (χ2n) is 3.21. The van der Waals surface area contributed by atoms with Gasteiger partial charge in [0, 0.05) is 18.3 Å². The maximum Gasteiger partial charge on any atom is 0.243 e. The number of nitrogen functional groups attached to an aromatic ring is 1. The maximum atomic E-state index is 11.8. The first kappa shape index (κ1) is 11.5. The summed E-state index contributed by atoms with van der Waals surface area (Å²) < 4.78 is 25.9. The predicted molar refractivity (Wildman–Crippen MR) is 59.1 cm³/mol. The standard InChI is InChI=1S/C8H10N6O2S/c9-8-10-4-7(5-11-8)17(15,16)14-3-6-1-12-13-2-6/h1-2,4-5,14H,3H2,(H,12,13)(H2,9,10,11). The molecule has 8 nitrogen and oxygen atoms in total. The van der Waals surface area contributed by atoms with Gasteiger partial charge in [0.2, 0.25) is 16.0 Å². The summed E-state index contributed by atoms with van der Waals surface area (Å²) in [5, 5.41) is 6.29. The molecule has 0 amide bonds. The van der Waals surface area contributed by atoms with Gasteiger partial charge in [-0.2, -0.15) is 5.10 Å². The highest BCUT2D eigenvalue weighted by atomic mass is 32.2. The molecule has 17 heavy (non-hydrogen) atoms. The molecule has 0 fully saturated rings. The van der Waals surface area contributed by atoms with E-state index in [0.717, 1.165) is 18.0 Å². The average Bonchev–Trinajstić information content (AvgIpc) is 2.80. The van der Waals surface area contributed by atoms with Gasteiger partial charge in [0.25, 0.3) is 0 Å². The molecule has 0 aromatic carbocycles. The van der Waals surface area contributed by atoms with Crippen LogP contribution in [0.25, 0.3) is 0 Å². The number of hydrogen-bond donors (Lipinski definition) is 3. The molecule has 0 aliphatic rings. The Bertz CT molecular complexity index is 577. The van der Waals surface area contributed by atoms with Crippen molar-refractivity contribution < 1.29 is 8.42 Å². The fourth-order valence-electron chi connectivity index (χ4n) is 1.10. The normalized spacial score (nSPS) is 11.5. The van der Waals surface area contributed by atoms with Crippen molar-refractivity contribution in [1.29, 1.82) is 0 Å². The lowest BCUT2D eigenvalue weighted by Crippen LogP contribution is -2.23. The minimum atomic E-state index is -3.63. The second kappa shape index (κ2) is 4.47. The van der Waals surface area contributed by atoms with Crippen LogP contribution in [0.1, 0.15) is 5.56 Å². The highest BCUT2D eigenvalue weighted by Crippen LogP contribution is 2.06. The van der Waals surface area contributed by atoms with Gasteiger partial charge in [-0.25, -0.2) is 23.1 Å². The lowest BCUT2D eigenvalue weighted by Gasteiger charge is -2.04. The minimum Gasteiger partial charge on any atom is -0.368 e. The third kappa shape index (κ3) is 2.77. The molecular weight excluding hydrogens is 244 g/mol. The molecule has 4 N–H and O–H groups in total. The molecule has 9 heteroatoms. The van der Waals surface area contributed by atoms with Crippen LogP contribution in [0.15, 0.2) is 29.7 Å².